The van der Waals surface area contributed by atoms with E-state index in [4.69, 9.17) is 0 Å². The van der Waals surface area contributed by atoms with E-state index in [9.17, 15) is 0 Å². The van der Waals surface area contributed by atoms with E-state index in [-0.39, 0.29) is 0 Å². The molecule has 1 rings (SSSR count). The van der Waals surface area contributed by atoms with Crippen molar-refractivity contribution in [1.29, 1.82) is 0 Å². The summed E-state index contributed by atoms with van der Waals surface area (Å²) < 4.78 is 0. The molecule has 12 heavy (non-hydrogen) atoms. The molecule has 0 nitrogen and oxygen atoms in total. The third-order valence-corrected chi connectivity index (χ3v) is 1.92. The molecule has 0 heteroatoms. The van der Waals surface area contributed by atoms with E-state index >= 15 is 0 Å². The molecular formula is C12H17. The number of hydrogen-bond acceptors (Lipinski definition) is 0. The predicted molar refractivity (Wildman–Crippen MR) is 54.8 cm³/mol. The molecular weight excluding hydrogens is 144 g/mol. The Balaban J connectivity index is 2.31. The maximum atomic E-state index is 2.26. The molecule has 0 N–H and O–H groups in total. The molecule has 0 bridgehead atoms. The van der Waals surface area contributed by atoms with Crippen molar-refractivity contribution in [2.75, 3.05) is 0 Å². The average molecular weight is 161 g/mol. The molecule has 0 saturated heterocycles. The topological polar surface area (TPSA) is 0 Å². The van der Waals surface area contributed by atoms with Crippen LogP contribution in [0.4, 0.5) is 0 Å². The van der Waals surface area contributed by atoms with E-state index in [0.29, 0.717) is 0 Å². The summed E-state index contributed by atoms with van der Waals surface area (Å²) in [5.41, 5.74) is 0. The Bertz CT molecular complexity index is 172. The van der Waals surface area contributed by atoms with Gasteiger partial charge in [-0.3, -0.25) is 0 Å². The van der Waals surface area contributed by atoms with Crippen molar-refractivity contribution in [3.05, 3.63) is 42.9 Å². The van der Waals surface area contributed by atoms with Crippen molar-refractivity contribution in [2.45, 2.75) is 32.1 Å². The zero-order valence-electron chi connectivity index (χ0n) is 7.58. The zero-order valence-corrected chi connectivity index (χ0v) is 7.58. The minimum absolute atomic E-state index is 1.06. The SMILES string of the molecule is [CH]1/C=C/C/C=C/C=C\CCCC1. The maximum Gasteiger partial charge on any atom is -0.0166 e. The van der Waals surface area contributed by atoms with E-state index in [1.165, 1.54) is 25.7 Å². The first-order valence-electron chi connectivity index (χ1n) is 4.80. The average Bonchev–Trinajstić information content (AvgIpc) is 2.05. The summed E-state index contributed by atoms with van der Waals surface area (Å²) >= 11 is 0. The molecule has 0 fully saturated rings. The first kappa shape index (κ1) is 9.31. The van der Waals surface area contributed by atoms with Gasteiger partial charge in [0.2, 0.25) is 0 Å². The summed E-state index contributed by atoms with van der Waals surface area (Å²) in [7, 11) is 0. The van der Waals surface area contributed by atoms with Gasteiger partial charge in [-0.25, -0.2) is 0 Å². The van der Waals surface area contributed by atoms with Crippen molar-refractivity contribution >= 4 is 0 Å². The Morgan fingerprint density at radius 2 is 1.42 bits per heavy atom. The van der Waals surface area contributed by atoms with E-state index in [2.05, 4.69) is 42.9 Å². The summed E-state index contributed by atoms with van der Waals surface area (Å²) in [5.74, 6) is 0. The first-order chi connectivity index (χ1) is 6.00. The highest BCUT2D eigenvalue weighted by molar-refractivity contribution is 5.06. The highest BCUT2D eigenvalue weighted by atomic mass is 13.9. The molecule has 0 atom stereocenters. The van der Waals surface area contributed by atoms with Crippen molar-refractivity contribution in [3.63, 3.8) is 0 Å². The maximum absolute atomic E-state index is 2.26. The molecule has 0 amide bonds. The molecule has 0 unspecified atom stereocenters. The molecule has 0 heterocycles. The second-order valence-corrected chi connectivity index (χ2v) is 3.04. The van der Waals surface area contributed by atoms with Gasteiger partial charge in [-0.1, -0.05) is 42.9 Å². The largest absolute Gasteiger partial charge is 0.0845 e. The van der Waals surface area contributed by atoms with Gasteiger partial charge in [0.05, 0.1) is 0 Å². The van der Waals surface area contributed by atoms with Gasteiger partial charge >= 0.3 is 0 Å². The number of hydrogen-bond donors (Lipinski definition) is 0. The van der Waals surface area contributed by atoms with Gasteiger partial charge in [-0.05, 0) is 32.1 Å². The molecule has 1 aliphatic rings. The van der Waals surface area contributed by atoms with Crippen molar-refractivity contribution in [2.24, 2.45) is 0 Å². The van der Waals surface area contributed by atoms with Crippen LogP contribution in [0.1, 0.15) is 32.1 Å². The summed E-state index contributed by atoms with van der Waals surface area (Å²) in [6.07, 6.45) is 21.5. The summed E-state index contributed by atoms with van der Waals surface area (Å²) in [6, 6.07) is 0. The molecule has 0 spiro atoms. The van der Waals surface area contributed by atoms with Crippen LogP contribution in [0.3, 0.4) is 0 Å². The van der Waals surface area contributed by atoms with Crippen molar-refractivity contribution in [3.8, 4) is 0 Å². The van der Waals surface area contributed by atoms with Gasteiger partial charge in [-0.2, -0.15) is 0 Å². The fraction of sp³-hybridized carbons (Fsp3) is 0.417. The van der Waals surface area contributed by atoms with Crippen LogP contribution in [0, 0.1) is 6.42 Å². The molecule has 1 radical (unpaired) electrons. The first-order valence-corrected chi connectivity index (χ1v) is 4.80. The highest BCUT2D eigenvalue weighted by Gasteiger charge is 1.86. The van der Waals surface area contributed by atoms with Crippen LogP contribution in [0.25, 0.3) is 0 Å². The van der Waals surface area contributed by atoms with Gasteiger partial charge in [0.1, 0.15) is 0 Å². The van der Waals surface area contributed by atoms with Crippen LogP contribution in [0.5, 0.6) is 0 Å². The Morgan fingerprint density at radius 3 is 2.42 bits per heavy atom. The van der Waals surface area contributed by atoms with Crippen LogP contribution in [-0.2, 0) is 0 Å². The minimum Gasteiger partial charge on any atom is -0.0845 e. The fourth-order valence-electron chi connectivity index (χ4n) is 1.21. The molecule has 0 aromatic rings. The molecule has 0 aliphatic heterocycles. The normalized spacial score (nSPS) is 28.0. The quantitative estimate of drug-likeness (QED) is 0.506. The van der Waals surface area contributed by atoms with Gasteiger partial charge in [0, 0.05) is 0 Å². The van der Waals surface area contributed by atoms with Gasteiger partial charge < -0.3 is 0 Å². The highest BCUT2D eigenvalue weighted by Crippen LogP contribution is 2.05. The van der Waals surface area contributed by atoms with Crippen LogP contribution in [0.15, 0.2) is 36.5 Å². The second-order valence-electron chi connectivity index (χ2n) is 3.04. The van der Waals surface area contributed by atoms with E-state index in [1.54, 1.807) is 0 Å². The van der Waals surface area contributed by atoms with Crippen LogP contribution >= 0.6 is 0 Å². The van der Waals surface area contributed by atoms with Crippen molar-refractivity contribution in [1.82, 2.24) is 0 Å². The third kappa shape index (κ3) is 4.95. The Hall–Kier alpha value is -0.780. The van der Waals surface area contributed by atoms with Crippen LogP contribution in [-0.4, -0.2) is 0 Å². The minimum atomic E-state index is 1.06. The summed E-state index contributed by atoms with van der Waals surface area (Å²) in [4.78, 5) is 0. The lowest BCUT2D eigenvalue weighted by molar-refractivity contribution is 0.747. The van der Waals surface area contributed by atoms with Gasteiger partial charge in [0.15, 0.2) is 0 Å². The smallest absolute Gasteiger partial charge is 0.0166 e. The van der Waals surface area contributed by atoms with Crippen LogP contribution in [0.2, 0.25) is 0 Å². The Kier molecular flexibility index (Phi) is 5.35. The lowest BCUT2D eigenvalue weighted by Crippen LogP contribution is -1.76. The summed E-state index contributed by atoms with van der Waals surface area (Å²) in [5, 5.41) is 0. The lowest BCUT2D eigenvalue weighted by atomic mass is 10.1. The van der Waals surface area contributed by atoms with Crippen molar-refractivity contribution < 1.29 is 0 Å². The zero-order chi connectivity index (χ0) is 8.49. The molecule has 65 valence electrons. The number of allylic oxidation sites excluding steroid dienone is 6. The third-order valence-electron chi connectivity index (χ3n) is 1.92. The number of rotatable bonds is 0. The molecule has 0 saturated carbocycles. The van der Waals surface area contributed by atoms with Crippen LogP contribution < -0.4 is 0 Å². The molecule has 0 aromatic heterocycles. The van der Waals surface area contributed by atoms with Gasteiger partial charge in [0.25, 0.3) is 0 Å². The standard InChI is InChI=1S/C12H17/c1-2-4-6-8-10-12-11-9-7-5-3-1/h1-4,7,9,11H,5-6,8,10,12H2/b3-1+,4-2-,9-7+. The molecule has 1 aliphatic carbocycles. The Morgan fingerprint density at radius 1 is 0.667 bits per heavy atom. The van der Waals surface area contributed by atoms with Gasteiger partial charge in [-0.15, -0.1) is 0 Å². The van der Waals surface area contributed by atoms with E-state index in [1.807, 2.05) is 0 Å². The summed E-state index contributed by atoms with van der Waals surface area (Å²) in [6.45, 7) is 0. The van der Waals surface area contributed by atoms with E-state index < -0.39 is 0 Å². The predicted octanol–water partition coefficient (Wildman–Crippen LogP) is 3.82. The second kappa shape index (κ2) is 6.90. The van der Waals surface area contributed by atoms with E-state index in [0.717, 1.165) is 6.42 Å². The Labute approximate surface area is 75.7 Å². The monoisotopic (exact) mass is 161 g/mol. The lowest BCUT2D eigenvalue weighted by Gasteiger charge is -1.95. The molecule has 0 aromatic carbocycles. The fourth-order valence-corrected chi connectivity index (χ4v) is 1.21.